The van der Waals surface area contributed by atoms with E-state index in [1.54, 1.807) is 7.11 Å². The summed E-state index contributed by atoms with van der Waals surface area (Å²) >= 11 is 0. The van der Waals surface area contributed by atoms with Crippen molar-refractivity contribution in [1.82, 2.24) is 4.57 Å². The van der Waals surface area contributed by atoms with Crippen LogP contribution in [0, 0.1) is 0 Å². The first-order chi connectivity index (χ1) is 12.1. The van der Waals surface area contributed by atoms with Gasteiger partial charge >= 0.3 is 0 Å². The number of carbonyl (C=O) groups is 1. The van der Waals surface area contributed by atoms with Crippen LogP contribution in [0.15, 0.2) is 36.4 Å². The first kappa shape index (κ1) is 15.4. The number of nitrogens with zero attached hydrogens (tertiary/aromatic N) is 1. The quantitative estimate of drug-likeness (QED) is 0.769. The summed E-state index contributed by atoms with van der Waals surface area (Å²) in [6, 6.07) is 11.6. The highest BCUT2D eigenvalue weighted by molar-refractivity contribution is 6.02. The summed E-state index contributed by atoms with van der Waals surface area (Å²) in [6.07, 6.45) is 0. The third-order valence-corrected chi connectivity index (χ3v) is 4.51. The number of hydrogen-bond acceptors (Lipinski definition) is 4. The molecule has 128 valence electrons. The normalized spacial score (nSPS) is 13.3. The predicted octanol–water partition coefficient (Wildman–Crippen LogP) is 3.25. The molecule has 1 aliphatic rings. The fourth-order valence-corrected chi connectivity index (χ4v) is 3.35. The maximum absolute atomic E-state index is 11.6. The maximum atomic E-state index is 11.6. The van der Waals surface area contributed by atoms with Gasteiger partial charge in [-0.25, -0.2) is 0 Å². The van der Waals surface area contributed by atoms with Crippen molar-refractivity contribution in [2.75, 3.05) is 24.8 Å². The number of carbonyl (C=O) groups excluding carboxylic acids is 1. The van der Waals surface area contributed by atoms with Gasteiger partial charge < -0.3 is 25.1 Å². The van der Waals surface area contributed by atoms with E-state index < -0.39 is 0 Å². The number of nitrogens with one attached hydrogen (secondary N) is 1. The number of benzene rings is 2. The van der Waals surface area contributed by atoms with Crippen LogP contribution in [0.25, 0.3) is 22.2 Å². The Morgan fingerprint density at radius 2 is 2.12 bits per heavy atom. The van der Waals surface area contributed by atoms with Gasteiger partial charge in [0, 0.05) is 23.6 Å². The number of aromatic nitrogens is 1. The summed E-state index contributed by atoms with van der Waals surface area (Å²) in [6.45, 7) is 2.88. The second-order valence-corrected chi connectivity index (χ2v) is 5.94. The number of methoxy groups -OCH3 is 1. The largest absolute Gasteiger partial charge is 0.497 e. The Hall–Kier alpha value is -3.15. The van der Waals surface area contributed by atoms with E-state index in [9.17, 15) is 4.79 Å². The Morgan fingerprint density at radius 3 is 2.88 bits per heavy atom. The van der Waals surface area contributed by atoms with Crippen molar-refractivity contribution in [3.05, 3.63) is 36.4 Å². The minimum Gasteiger partial charge on any atom is -0.497 e. The molecule has 0 atom stereocenters. The van der Waals surface area contributed by atoms with Gasteiger partial charge in [0.1, 0.15) is 11.5 Å². The van der Waals surface area contributed by atoms with Crippen LogP contribution in [0.3, 0.4) is 0 Å². The Balaban J connectivity index is 1.93. The first-order valence-electron chi connectivity index (χ1n) is 8.15. The Morgan fingerprint density at radius 1 is 1.28 bits per heavy atom. The van der Waals surface area contributed by atoms with Crippen LogP contribution < -0.4 is 20.5 Å². The van der Waals surface area contributed by atoms with Gasteiger partial charge in [-0.1, -0.05) is 0 Å². The number of nitrogen functional groups attached to an aromatic ring is 1. The predicted molar refractivity (Wildman–Crippen MR) is 98.1 cm³/mol. The topological polar surface area (TPSA) is 78.5 Å². The molecule has 0 saturated heterocycles. The van der Waals surface area contributed by atoms with E-state index in [0.29, 0.717) is 17.1 Å². The summed E-state index contributed by atoms with van der Waals surface area (Å²) < 4.78 is 12.9. The minimum atomic E-state index is -0.154. The molecule has 3 N–H and O–H groups in total. The average molecular weight is 337 g/mol. The molecule has 2 heterocycles. The molecule has 0 spiro atoms. The van der Waals surface area contributed by atoms with Gasteiger partial charge in [-0.3, -0.25) is 4.79 Å². The number of hydrogen-bond donors (Lipinski definition) is 2. The molecule has 0 radical (unpaired) electrons. The molecule has 1 aromatic heterocycles. The lowest BCUT2D eigenvalue weighted by atomic mass is 10.1. The Bertz CT molecular complexity index is 991. The number of amides is 1. The molecular formula is C19H19N3O3. The van der Waals surface area contributed by atoms with Gasteiger partial charge in [-0.05, 0) is 37.3 Å². The number of rotatable bonds is 3. The second-order valence-electron chi connectivity index (χ2n) is 5.94. The van der Waals surface area contributed by atoms with Gasteiger partial charge in [0.05, 0.1) is 29.7 Å². The highest BCUT2D eigenvalue weighted by atomic mass is 16.5. The van der Waals surface area contributed by atoms with Crippen LogP contribution in [0.4, 0.5) is 11.4 Å². The maximum Gasteiger partial charge on any atom is 0.262 e. The lowest BCUT2D eigenvalue weighted by molar-refractivity contribution is -0.118. The van der Waals surface area contributed by atoms with Crippen LogP contribution >= 0.6 is 0 Å². The van der Waals surface area contributed by atoms with Gasteiger partial charge in [-0.2, -0.15) is 0 Å². The molecule has 4 rings (SSSR count). The molecular weight excluding hydrogens is 318 g/mol. The highest BCUT2D eigenvalue weighted by Crippen LogP contribution is 2.40. The number of aryl methyl sites for hydroxylation is 1. The highest BCUT2D eigenvalue weighted by Gasteiger charge is 2.20. The lowest BCUT2D eigenvalue weighted by Crippen LogP contribution is -2.25. The van der Waals surface area contributed by atoms with Crippen molar-refractivity contribution in [2.24, 2.45) is 0 Å². The number of anilines is 2. The molecule has 0 aliphatic carbocycles. The zero-order chi connectivity index (χ0) is 17.6. The van der Waals surface area contributed by atoms with E-state index in [-0.39, 0.29) is 12.5 Å². The van der Waals surface area contributed by atoms with Crippen LogP contribution in [-0.4, -0.2) is 24.2 Å². The van der Waals surface area contributed by atoms with E-state index in [4.69, 9.17) is 15.2 Å². The molecule has 25 heavy (non-hydrogen) atoms. The van der Waals surface area contributed by atoms with Crippen LogP contribution in [0.1, 0.15) is 6.92 Å². The number of fused-ring (bicyclic) bond motifs is 2. The van der Waals surface area contributed by atoms with Crippen molar-refractivity contribution in [3.8, 4) is 22.8 Å². The molecule has 0 bridgehead atoms. The fourth-order valence-electron chi connectivity index (χ4n) is 3.35. The monoisotopic (exact) mass is 337 g/mol. The molecule has 6 heteroatoms. The van der Waals surface area contributed by atoms with Gasteiger partial charge in [0.2, 0.25) is 0 Å². The third-order valence-electron chi connectivity index (χ3n) is 4.51. The van der Waals surface area contributed by atoms with E-state index in [0.717, 1.165) is 34.5 Å². The van der Waals surface area contributed by atoms with Gasteiger partial charge in [0.15, 0.2) is 6.61 Å². The van der Waals surface area contributed by atoms with E-state index in [1.807, 2.05) is 36.4 Å². The third kappa shape index (κ3) is 2.38. The van der Waals surface area contributed by atoms with Crippen molar-refractivity contribution in [3.63, 3.8) is 0 Å². The zero-order valence-electron chi connectivity index (χ0n) is 14.1. The Kier molecular flexibility index (Phi) is 3.53. The molecule has 6 nitrogen and oxygen atoms in total. The smallest absolute Gasteiger partial charge is 0.262 e. The molecule has 1 amide bonds. The van der Waals surface area contributed by atoms with Crippen LogP contribution in [0.2, 0.25) is 0 Å². The van der Waals surface area contributed by atoms with Crippen molar-refractivity contribution < 1.29 is 14.3 Å². The summed E-state index contributed by atoms with van der Waals surface area (Å²) in [4.78, 5) is 11.6. The summed E-state index contributed by atoms with van der Waals surface area (Å²) in [7, 11) is 1.65. The number of nitrogens with two attached hydrogens (primary N) is 1. The molecule has 0 saturated carbocycles. The van der Waals surface area contributed by atoms with E-state index in [1.165, 1.54) is 0 Å². The summed E-state index contributed by atoms with van der Waals surface area (Å²) in [5, 5.41) is 3.83. The minimum absolute atomic E-state index is 0.0451. The van der Waals surface area contributed by atoms with Crippen molar-refractivity contribution in [2.45, 2.75) is 13.5 Å². The van der Waals surface area contributed by atoms with Crippen molar-refractivity contribution in [1.29, 1.82) is 0 Å². The van der Waals surface area contributed by atoms with Crippen LogP contribution in [-0.2, 0) is 11.3 Å². The summed E-state index contributed by atoms with van der Waals surface area (Å²) in [5.74, 6) is 1.30. The average Bonchev–Trinajstić information content (AvgIpc) is 2.92. The first-order valence-corrected chi connectivity index (χ1v) is 8.15. The van der Waals surface area contributed by atoms with Gasteiger partial charge in [0.25, 0.3) is 5.91 Å². The SMILES string of the molecule is CCn1c(-c2ccc3c(c2)NC(=O)CO3)c(N)c2ccc(OC)cc21. The molecule has 2 aromatic carbocycles. The van der Waals surface area contributed by atoms with Crippen molar-refractivity contribution >= 4 is 28.2 Å². The van der Waals surface area contributed by atoms with Gasteiger partial charge in [-0.15, -0.1) is 0 Å². The molecule has 0 fully saturated rings. The standard InChI is InChI=1S/C19H19N3O3/c1-3-22-15-9-12(24-2)5-6-13(15)18(20)19(22)11-4-7-16-14(8-11)21-17(23)10-25-16/h4-9H,3,10,20H2,1-2H3,(H,21,23). The Labute approximate surface area is 145 Å². The number of ether oxygens (including phenoxy) is 2. The fraction of sp³-hybridized carbons (Fsp3) is 0.211. The van der Waals surface area contributed by atoms with Crippen LogP contribution in [0.5, 0.6) is 11.5 Å². The van der Waals surface area contributed by atoms with E-state index in [2.05, 4.69) is 16.8 Å². The molecule has 3 aromatic rings. The molecule has 0 unspecified atom stereocenters. The lowest BCUT2D eigenvalue weighted by Gasteiger charge is -2.19. The summed E-state index contributed by atoms with van der Waals surface area (Å²) in [5.41, 5.74) is 10.7. The van der Waals surface area contributed by atoms with E-state index >= 15 is 0 Å². The molecule has 1 aliphatic heterocycles. The zero-order valence-corrected chi connectivity index (χ0v) is 14.1. The second kappa shape index (κ2) is 5.73.